The van der Waals surface area contributed by atoms with Gasteiger partial charge >= 0.3 is 7.82 Å². The minimum absolute atomic E-state index is 0. The molecule has 18 heavy (non-hydrogen) atoms. The molecule has 0 saturated heterocycles. The van der Waals surface area contributed by atoms with Crippen LogP contribution in [0, 0.1) is 0 Å². The zero-order valence-electron chi connectivity index (χ0n) is 9.39. The first-order chi connectivity index (χ1) is 8.16. The summed E-state index contributed by atoms with van der Waals surface area (Å²) in [5, 5.41) is 0. The van der Waals surface area contributed by atoms with Gasteiger partial charge in [-0.05, 0) is 24.3 Å². The summed E-state index contributed by atoms with van der Waals surface area (Å²) < 4.78 is 21.5. The number of rotatable bonds is 4. The third-order valence-electron chi connectivity index (χ3n) is 1.93. The van der Waals surface area contributed by atoms with Gasteiger partial charge in [-0.3, -0.25) is 4.89 Å². The van der Waals surface area contributed by atoms with E-state index in [9.17, 15) is 9.46 Å². The minimum atomic E-state index is -4.14. The molecule has 0 aliphatic heterocycles. The molecule has 0 aliphatic rings. The normalized spacial score (nSPS) is 10.3. The van der Waals surface area contributed by atoms with Gasteiger partial charge in [0.15, 0.2) is 0 Å². The Morgan fingerprint density at radius 1 is 0.778 bits per heavy atom. The molecule has 0 aliphatic carbocycles. The van der Waals surface area contributed by atoms with Gasteiger partial charge in [0.2, 0.25) is 0 Å². The Bertz CT molecular complexity index is 469. The maximum absolute atomic E-state index is 11.7. The van der Waals surface area contributed by atoms with Crippen molar-refractivity contribution in [3.8, 4) is 11.5 Å². The average Bonchev–Trinajstić information content (AvgIpc) is 2.30. The standard InChI is InChI=1S/C12H11O4P.H2O/c13-17(14,15-11-7-3-1-4-8-11)16-12-9-5-2-6-10-12;/h1-10H,(H,13,14);1H2. The van der Waals surface area contributed by atoms with Gasteiger partial charge < -0.3 is 14.5 Å². The lowest BCUT2D eigenvalue weighted by molar-refractivity contribution is 0.291. The Balaban J connectivity index is 0.00000162. The van der Waals surface area contributed by atoms with Crippen molar-refractivity contribution in [1.29, 1.82) is 0 Å². The second kappa shape index (κ2) is 6.21. The molecule has 2 rings (SSSR count). The zero-order chi connectivity index (χ0) is 12.1. The Morgan fingerprint density at radius 3 is 1.44 bits per heavy atom. The summed E-state index contributed by atoms with van der Waals surface area (Å²) >= 11 is 0. The van der Waals surface area contributed by atoms with Crippen LogP contribution < -0.4 is 9.05 Å². The molecule has 0 unspecified atom stereocenters. The molecule has 0 bridgehead atoms. The fraction of sp³-hybridized carbons (Fsp3) is 0. The lowest BCUT2D eigenvalue weighted by Crippen LogP contribution is -1.99. The number of para-hydroxylation sites is 2. The van der Waals surface area contributed by atoms with Crippen molar-refractivity contribution < 1.29 is 24.0 Å². The first-order valence-electron chi connectivity index (χ1n) is 4.98. The monoisotopic (exact) mass is 268 g/mol. The summed E-state index contributed by atoms with van der Waals surface area (Å²) in [4.78, 5) is 9.53. The largest absolute Gasteiger partial charge is 0.584 e. The van der Waals surface area contributed by atoms with Crippen LogP contribution in [0.25, 0.3) is 0 Å². The second-order valence-corrected chi connectivity index (χ2v) is 4.58. The van der Waals surface area contributed by atoms with Crippen LogP contribution in [0.15, 0.2) is 60.7 Å². The fourth-order valence-corrected chi connectivity index (χ4v) is 2.06. The van der Waals surface area contributed by atoms with E-state index in [-0.39, 0.29) is 17.0 Å². The molecule has 5 nitrogen and oxygen atoms in total. The maximum atomic E-state index is 11.7. The van der Waals surface area contributed by atoms with Crippen LogP contribution in [-0.2, 0) is 4.57 Å². The molecule has 0 aromatic heterocycles. The van der Waals surface area contributed by atoms with Gasteiger partial charge in [0.05, 0.1) is 0 Å². The van der Waals surface area contributed by atoms with Crippen molar-refractivity contribution >= 4 is 7.82 Å². The van der Waals surface area contributed by atoms with E-state index < -0.39 is 7.82 Å². The molecule has 0 amide bonds. The second-order valence-electron chi connectivity index (χ2n) is 3.28. The Hall–Kier alpha value is -1.81. The van der Waals surface area contributed by atoms with Crippen LogP contribution in [0.2, 0.25) is 0 Å². The summed E-state index contributed by atoms with van der Waals surface area (Å²) in [6.45, 7) is 0. The lowest BCUT2D eigenvalue weighted by atomic mass is 10.3. The van der Waals surface area contributed by atoms with Crippen LogP contribution in [0.4, 0.5) is 0 Å². The van der Waals surface area contributed by atoms with Crippen molar-refractivity contribution in [2.75, 3.05) is 0 Å². The maximum Gasteiger partial charge on any atom is 0.584 e. The van der Waals surface area contributed by atoms with Crippen LogP contribution in [-0.4, -0.2) is 10.4 Å². The van der Waals surface area contributed by atoms with E-state index in [4.69, 9.17) is 9.05 Å². The molecule has 0 heterocycles. The molecular weight excluding hydrogens is 255 g/mol. The van der Waals surface area contributed by atoms with E-state index in [0.717, 1.165) is 0 Å². The predicted octanol–water partition coefficient (Wildman–Crippen LogP) is 2.42. The number of hydrogen-bond acceptors (Lipinski definition) is 3. The highest BCUT2D eigenvalue weighted by atomic mass is 31.2. The molecule has 0 saturated carbocycles. The van der Waals surface area contributed by atoms with E-state index in [2.05, 4.69) is 0 Å². The van der Waals surface area contributed by atoms with Crippen LogP contribution >= 0.6 is 7.82 Å². The zero-order valence-corrected chi connectivity index (χ0v) is 10.3. The van der Waals surface area contributed by atoms with Crippen LogP contribution in [0.3, 0.4) is 0 Å². The van der Waals surface area contributed by atoms with E-state index >= 15 is 0 Å². The topological polar surface area (TPSA) is 87.3 Å². The van der Waals surface area contributed by atoms with E-state index in [1.165, 1.54) is 0 Å². The summed E-state index contributed by atoms with van der Waals surface area (Å²) in [6.07, 6.45) is 0. The van der Waals surface area contributed by atoms with Gasteiger partial charge in [-0.1, -0.05) is 36.4 Å². The van der Waals surface area contributed by atoms with Crippen LogP contribution in [0.5, 0.6) is 11.5 Å². The smallest absolute Gasteiger partial charge is 0.412 e. The van der Waals surface area contributed by atoms with Crippen LogP contribution in [0.1, 0.15) is 0 Å². The van der Waals surface area contributed by atoms with Crippen molar-refractivity contribution in [2.24, 2.45) is 0 Å². The first kappa shape index (κ1) is 14.3. The van der Waals surface area contributed by atoms with Crippen molar-refractivity contribution in [2.45, 2.75) is 0 Å². The molecule has 2 aromatic carbocycles. The molecule has 0 spiro atoms. The van der Waals surface area contributed by atoms with Crippen molar-refractivity contribution in [3.05, 3.63) is 60.7 Å². The predicted molar refractivity (Wildman–Crippen MR) is 67.6 cm³/mol. The van der Waals surface area contributed by atoms with E-state index in [1.807, 2.05) is 0 Å². The van der Waals surface area contributed by atoms with E-state index in [0.29, 0.717) is 0 Å². The Morgan fingerprint density at radius 2 is 1.11 bits per heavy atom. The number of hydrogen-bond donors (Lipinski definition) is 1. The Kier molecular flexibility index (Phi) is 4.92. The highest BCUT2D eigenvalue weighted by Gasteiger charge is 2.24. The highest BCUT2D eigenvalue weighted by molar-refractivity contribution is 7.48. The fourth-order valence-electron chi connectivity index (χ4n) is 1.25. The summed E-state index contributed by atoms with van der Waals surface area (Å²) in [6, 6.07) is 16.7. The number of benzene rings is 2. The molecule has 2 aromatic rings. The molecule has 0 fully saturated rings. The third-order valence-corrected chi connectivity index (χ3v) is 2.81. The number of phosphoric acid groups is 1. The van der Waals surface area contributed by atoms with Crippen molar-refractivity contribution in [3.63, 3.8) is 0 Å². The summed E-state index contributed by atoms with van der Waals surface area (Å²) in [5.74, 6) is 0.573. The minimum Gasteiger partial charge on any atom is -0.412 e. The molecule has 0 atom stereocenters. The quantitative estimate of drug-likeness (QED) is 0.862. The first-order valence-corrected chi connectivity index (χ1v) is 6.47. The lowest BCUT2D eigenvalue weighted by Gasteiger charge is -2.13. The molecule has 3 N–H and O–H groups in total. The third kappa shape index (κ3) is 4.22. The van der Waals surface area contributed by atoms with Gasteiger partial charge in [-0.2, -0.15) is 0 Å². The van der Waals surface area contributed by atoms with Gasteiger partial charge in [-0.15, -0.1) is 0 Å². The van der Waals surface area contributed by atoms with Gasteiger partial charge in [0.25, 0.3) is 0 Å². The highest BCUT2D eigenvalue weighted by Crippen LogP contribution is 2.43. The van der Waals surface area contributed by atoms with Gasteiger partial charge in [0.1, 0.15) is 11.5 Å². The van der Waals surface area contributed by atoms with E-state index in [1.54, 1.807) is 60.7 Å². The summed E-state index contributed by atoms with van der Waals surface area (Å²) in [5.41, 5.74) is 0. The van der Waals surface area contributed by atoms with Gasteiger partial charge in [0, 0.05) is 0 Å². The number of phosphoric ester groups is 1. The average molecular weight is 268 g/mol. The molecule has 96 valence electrons. The molecular formula is C12H13O5P. The Labute approximate surface area is 105 Å². The van der Waals surface area contributed by atoms with Gasteiger partial charge in [-0.25, -0.2) is 4.57 Å². The SMILES string of the molecule is O.O=P(O)(Oc1ccccc1)Oc1ccccc1. The van der Waals surface area contributed by atoms with Crippen molar-refractivity contribution in [1.82, 2.24) is 0 Å². The molecule has 6 heteroatoms. The molecule has 0 radical (unpaired) electrons. The summed E-state index contributed by atoms with van der Waals surface area (Å²) in [7, 11) is -4.14.